The molecule has 1 amide bonds. The van der Waals surface area contributed by atoms with E-state index in [0.717, 1.165) is 0 Å². The molecule has 0 aromatic rings. The molecule has 1 saturated heterocycles. The predicted octanol–water partition coefficient (Wildman–Crippen LogP) is 1.35. The first-order chi connectivity index (χ1) is 8.33. The average Bonchev–Trinajstić information content (AvgIpc) is 2.27. The van der Waals surface area contributed by atoms with Crippen LogP contribution >= 0.6 is 0 Å². The third-order valence-electron chi connectivity index (χ3n) is 2.54. The van der Waals surface area contributed by atoms with Crippen LogP contribution in [-0.2, 0) is 14.3 Å². The molecule has 1 rings (SSSR count). The van der Waals surface area contributed by atoms with Gasteiger partial charge in [0, 0.05) is 6.54 Å². The van der Waals surface area contributed by atoms with Crippen molar-refractivity contribution < 1.29 is 19.1 Å². The van der Waals surface area contributed by atoms with Gasteiger partial charge in [0.05, 0.1) is 25.3 Å². The zero-order valence-corrected chi connectivity index (χ0v) is 11.3. The van der Waals surface area contributed by atoms with E-state index in [1.807, 2.05) is 20.8 Å². The van der Waals surface area contributed by atoms with Gasteiger partial charge in [-0.15, -0.1) is 0 Å². The van der Waals surface area contributed by atoms with E-state index in [2.05, 4.69) is 4.99 Å². The van der Waals surface area contributed by atoms with Crippen molar-refractivity contribution in [3.8, 4) is 0 Å². The van der Waals surface area contributed by atoms with Crippen molar-refractivity contribution in [2.45, 2.75) is 45.4 Å². The monoisotopic (exact) mass is 256 g/mol. The number of isocyanates is 1. The summed E-state index contributed by atoms with van der Waals surface area (Å²) in [5.74, 6) is 0. The Balaban J connectivity index is 2.58. The van der Waals surface area contributed by atoms with Crippen LogP contribution in [0, 0.1) is 0 Å². The van der Waals surface area contributed by atoms with Crippen molar-refractivity contribution >= 4 is 12.2 Å². The highest BCUT2D eigenvalue weighted by atomic mass is 16.6. The summed E-state index contributed by atoms with van der Waals surface area (Å²) in [7, 11) is 0. The quantitative estimate of drug-likeness (QED) is 0.552. The molecule has 0 spiro atoms. The lowest BCUT2D eigenvalue weighted by Crippen LogP contribution is -2.50. The lowest BCUT2D eigenvalue weighted by atomic mass is 10.1. The molecule has 102 valence electrons. The molecule has 0 bridgehead atoms. The Kier molecular flexibility index (Phi) is 4.87. The molecule has 6 nitrogen and oxygen atoms in total. The van der Waals surface area contributed by atoms with Gasteiger partial charge in [-0.1, -0.05) is 0 Å². The van der Waals surface area contributed by atoms with Gasteiger partial charge in [-0.3, -0.25) is 0 Å². The number of hydrogen-bond acceptors (Lipinski definition) is 5. The summed E-state index contributed by atoms with van der Waals surface area (Å²) in [4.78, 5) is 27.3. The van der Waals surface area contributed by atoms with Crippen molar-refractivity contribution in [3.63, 3.8) is 0 Å². The maximum absolute atomic E-state index is 11.9. The van der Waals surface area contributed by atoms with E-state index in [4.69, 9.17) is 9.47 Å². The summed E-state index contributed by atoms with van der Waals surface area (Å²) >= 11 is 0. The van der Waals surface area contributed by atoms with E-state index in [-0.39, 0.29) is 18.2 Å². The summed E-state index contributed by atoms with van der Waals surface area (Å²) < 4.78 is 10.8. The van der Waals surface area contributed by atoms with Crippen molar-refractivity contribution in [2.24, 2.45) is 4.99 Å². The third kappa shape index (κ3) is 4.47. The Hall–Kier alpha value is -1.39. The molecule has 0 saturated carbocycles. The van der Waals surface area contributed by atoms with Gasteiger partial charge in [0.1, 0.15) is 5.60 Å². The molecular weight excluding hydrogens is 236 g/mol. The van der Waals surface area contributed by atoms with E-state index >= 15 is 0 Å². The Bertz CT molecular complexity index is 344. The van der Waals surface area contributed by atoms with E-state index < -0.39 is 5.60 Å². The highest BCUT2D eigenvalue weighted by Gasteiger charge is 2.30. The molecule has 1 aliphatic rings. The summed E-state index contributed by atoms with van der Waals surface area (Å²) in [5, 5.41) is 0. The van der Waals surface area contributed by atoms with Gasteiger partial charge in [0.2, 0.25) is 6.08 Å². The highest BCUT2D eigenvalue weighted by Crippen LogP contribution is 2.15. The lowest BCUT2D eigenvalue weighted by molar-refractivity contribution is -0.0480. The second kappa shape index (κ2) is 5.98. The summed E-state index contributed by atoms with van der Waals surface area (Å²) in [5.41, 5.74) is -0.516. The van der Waals surface area contributed by atoms with Crippen LogP contribution in [0.1, 0.15) is 27.7 Å². The topological polar surface area (TPSA) is 68.2 Å². The second-order valence-corrected chi connectivity index (χ2v) is 5.30. The number of ether oxygens (including phenoxy) is 2. The minimum absolute atomic E-state index is 0.285. The molecule has 0 aromatic heterocycles. The number of rotatable bonds is 2. The Morgan fingerprint density at radius 2 is 2.22 bits per heavy atom. The van der Waals surface area contributed by atoms with Crippen LogP contribution < -0.4 is 0 Å². The fourth-order valence-corrected chi connectivity index (χ4v) is 1.63. The first kappa shape index (κ1) is 14.7. The average molecular weight is 256 g/mol. The first-order valence-corrected chi connectivity index (χ1v) is 6.00. The summed E-state index contributed by atoms with van der Waals surface area (Å²) in [6.45, 7) is 8.51. The molecule has 1 fully saturated rings. The highest BCUT2D eigenvalue weighted by molar-refractivity contribution is 5.68. The Morgan fingerprint density at radius 3 is 2.78 bits per heavy atom. The molecule has 2 unspecified atom stereocenters. The van der Waals surface area contributed by atoms with E-state index in [0.29, 0.717) is 19.7 Å². The van der Waals surface area contributed by atoms with Crippen LogP contribution in [0.4, 0.5) is 4.79 Å². The smallest absolute Gasteiger partial charge is 0.410 e. The predicted molar refractivity (Wildman–Crippen MR) is 65.1 cm³/mol. The van der Waals surface area contributed by atoms with Crippen LogP contribution in [0.3, 0.4) is 0 Å². The van der Waals surface area contributed by atoms with E-state index in [9.17, 15) is 9.59 Å². The Labute approximate surface area is 107 Å². The van der Waals surface area contributed by atoms with Gasteiger partial charge in [0.25, 0.3) is 0 Å². The molecule has 0 aromatic carbocycles. The molecule has 0 radical (unpaired) electrons. The number of amides is 1. The Morgan fingerprint density at radius 1 is 1.56 bits per heavy atom. The largest absolute Gasteiger partial charge is 0.444 e. The zero-order chi connectivity index (χ0) is 13.8. The first-order valence-electron chi connectivity index (χ1n) is 6.00. The maximum Gasteiger partial charge on any atom is 0.410 e. The number of hydrogen-bond donors (Lipinski definition) is 0. The third-order valence-corrected chi connectivity index (χ3v) is 2.54. The number of carbonyl (C=O) groups excluding carboxylic acids is 2. The van der Waals surface area contributed by atoms with Crippen molar-refractivity contribution in [3.05, 3.63) is 0 Å². The van der Waals surface area contributed by atoms with Gasteiger partial charge < -0.3 is 14.4 Å². The van der Waals surface area contributed by atoms with Crippen molar-refractivity contribution in [1.82, 2.24) is 4.90 Å². The van der Waals surface area contributed by atoms with E-state index in [1.54, 1.807) is 11.8 Å². The number of carbonyl (C=O) groups is 1. The van der Waals surface area contributed by atoms with Crippen LogP contribution in [0.25, 0.3) is 0 Å². The minimum atomic E-state index is -0.516. The zero-order valence-electron chi connectivity index (χ0n) is 11.3. The van der Waals surface area contributed by atoms with Gasteiger partial charge in [-0.25, -0.2) is 14.6 Å². The minimum Gasteiger partial charge on any atom is -0.444 e. The molecule has 6 heteroatoms. The number of morpholine rings is 1. The van der Waals surface area contributed by atoms with Crippen LogP contribution in [0.5, 0.6) is 0 Å². The SMILES string of the molecule is CC(N=C=O)C1CN(C(=O)OC(C)(C)C)CCO1. The second-order valence-electron chi connectivity index (χ2n) is 5.30. The molecule has 18 heavy (non-hydrogen) atoms. The fourth-order valence-electron chi connectivity index (χ4n) is 1.63. The van der Waals surface area contributed by atoms with Crippen molar-refractivity contribution in [1.29, 1.82) is 0 Å². The van der Waals surface area contributed by atoms with Gasteiger partial charge in [-0.2, -0.15) is 0 Å². The summed E-state index contributed by atoms with van der Waals surface area (Å²) in [6, 6.07) is -0.312. The van der Waals surface area contributed by atoms with E-state index in [1.165, 1.54) is 6.08 Å². The molecule has 1 aliphatic heterocycles. The van der Waals surface area contributed by atoms with Crippen LogP contribution in [0.15, 0.2) is 4.99 Å². The standard InChI is InChI=1S/C12H20N2O4/c1-9(13-8-15)10-7-14(5-6-17-10)11(16)18-12(2,3)4/h9-10H,5-7H2,1-4H3. The lowest BCUT2D eigenvalue weighted by Gasteiger charge is -2.35. The van der Waals surface area contributed by atoms with Gasteiger partial charge in [0.15, 0.2) is 0 Å². The summed E-state index contributed by atoms with van der Waals surface area (Å²) in [6.07, 6.45) is 0.860. The number of nitrogens with zero attached hydrogens (tertiary/aromatic N) is 2. The maximum atomic E-state index is 11.9. The molecular formula is C12H20N2O4. The van der Waals surface area contributed by atoms with Crippen molar-refractivity contribution in [2.75, 3.05) is 19.7 Å². The van der Waals surface area contributed by atoms with Gasteiger partial charge in [-0.05, 0) is 27.7 Å². The molecule has 1 heterocycles. The number of aliphatic imine (C=N–C) groups is 1. The molecule has 0 N–H and O–H groups in total. The van der Waals surface area contributed by atoms with Gasteiger partial charge >= 0.3 is 6.09 Å². The molecule has 0 aliphatic carbocycles. The molecule has 2 atom stereocenters. The normalized spacial score (nSPS) is 22.0. The van der Waals surface area contributed by atoms with Crippen LogP contribution in [-0.4, -0.2) is 54.5 Å². The van der Waals surface area contributed by atoms with Crippen LogP contribution in [0.2, 0.25) is 0 Å². The fraction of sp³-hybridized carbons (Fsp3) is 0.833.